The van der Waals surface area contributed by atoms with Crippen molar-refractivity contribution in [2.75, 3.05) is 20.3 Å². The average molecular weight is 223 g/mol. The fraction of sp³-hybridized carbons (Fsp3) is 0.538. The summed E-state index contributed by atoms with van der Waals surface area (Å²) in [6.45, 7) is 5.90. The molecule has 0 aliphatic heterocycles. The van der Waals surface area contributed by atoms with E-state index >= 15 is 0 Å². The molecule has 0 saturated heterocycles. The molecule has 90 valence electrons. The maximum atomic E-state index is 9.46. The molecule has 3 heteroatoms. The van der Waals surface area contributed by atoms with Crippen molar-refractivity contribution in [1.82, 2.24) is 5.32 Å². The third-order valence-corrected chi connectivity index (χ3v) is 2.56. The molecule has 0 bridgehead atoms. The minimum Gasteiger partial charge on any atom is -0.389 e. The van der Waals surface area contributed by atoms with Crippen LogP contribution in [0.5, 0.6) is 0 Å². The van der Waals surface area contributed by atoms with Gasteiger partial charge in [-0.25, -0.2) is 0 Å². The Morgan fingerprint density at radius 2 is 2.12 bits per heavy atom. The second-order valence-corrected chi connectivity index (χ2v) is 4.17. The molecule has 0 saturated carbocycles. The lowest BCUT2D eigenvalue weighted by atomic mass is 10.1. The normalized spacial score (nSPS) is 12.8. The Labute approximate surface area is 97.4 Å². The van der Waals surface area contributed by atoms with Crippen LogP contribution in [0.1, 0.15) is 16.7 Å². The second-order valence-electron chi connectivity index (χ2n) is 4.17. The zero-order valence-corrected chi connectivity index (χ0v) is 10.3. The van der Waals surface area contributed by atoms with Crippen LogP contribution in [-0.4, -0.2) is 31.5 Å². The highest BCUT2D eigenvalue weighted by atomic mass is 16.5. The number of rotatable bonds is 6. The Morgan fingerprint density at radius 1 is 1.38 bits per heavy atom. The molecule has 0 aromatic heterocycles. The number of ether oxygens (including phenoxy) is 1. The van der Waals surface area contributed by atoms with Crippen molar-refractivity contribution in [3.63, 3.8) is 0 Å². The fourth-order valence-corrected chi connectivity index (χ4v) is 1.62. The van der Waals surface area contributed by atoms with Crippen LogP contribution in [0.4, 0.5) is 0 Å². The molecule has 1 rings (SSSR count). The van der Waals surface area contributed by atoms with E-state index in [0.29, 0.717) is 13.2 Å². The highest BCUT2D eigenvalue weighted by Crippen LogP contribution is 2.09. The first-order valence-corrected chi connectivity index (χ1v) is 5.57. The van der Waals surface area contributed by atoms with E-state index in [1.807, 2.05) is 0 Å². The Morgan fingerprint density at radius 3 is 2.81 bits per heavy atom. The van der Waals surface area contributed by atoms with Gasteiger partial charge in [-0.2, -0.15) is 0 Å². The van der Waals surface area contributed by atoms with Gasteiger partial charge in [0.2, 0.25) is 0 Å². The van der Waals surface area contributed by atoms with Gasteiger partial charge < -0.3 is 15.2 Å². The first-order chi connectivity index (χ1) is 7.63. The summed E-state index contributed by atoms with van der Waals surface area (Å²) in [5.41, 5.74) is 3.82. The number of aryl methyl sites for hydroxylation is 2. The Hall–Kier alpha value is -0.900. The Balaban J connectivity index is 2.39. The van der Waals surface area contributed by atoms with Crippen molar-refractivity contribution in [3.8, 4) is 0 Å². The highest BCUT2D eigenvalue weighted by Gasteiger charge is 2.03. The molecule has 0 fully saturated rings. The lowest BCUT2D eigenvalue weighted by Gasteiger charge is -2.12. The van der Waals surface area contributed by atoms with Gasteiger partial charge >= 0.3 is 0 Å². The summed E-state index contributed by atoms with van der Waals surface area (Å²) in [6.07, 6.45) is -0.435. The standard InChI is InChI=1S/C13H21NO2/c1-10-4-5-11(2)12(6-10)7-14-8-13(15)9-16-3/h4-6,13-15H,7-9H2,1-3H3. The lowest BCUT2D eigenvalue weighted by Crippen LogP contribution is -2.29. The number of aliphatic hydroxyl groups is 1. The summed E-state index contributed by atoms with van der Waals surface area (Å²) < 4.78 is 4.86. The third-order valence-electron chi connectivity index (χ3n) is 2.56. The van der Waals surface area contributed by atoms with Crippen LogP contribution < -0.4 is 5.32 Å². The van der Waals surface area contributed by atoms with Crippen molar-refractivity contribution >= 4 is 0 Å². The molecular weight excluding hydrogens is 202 g/mol. The third kappa shape index (κ3) is 4.31. The molecule has 0 heterocycles. The monoisotopic (exact) mass is 223 g/mol. The fourth-order valence-electron chi connectivity index (χ4n) is 1.62. The van der Waals surface area contributed by atoms with Gasteiger partial charge in [0.05, 0.1) is 12.7 Å². The van der Waals surface area contributed by atoms with Gasteiger partial charge in [0.1, 0.15) is 0 Å². The van der Waals surface area contributed by atoms with E-state index in [-0.39, 0.29) is 0 Å². The van der Waals surface area contributed by atoms with Gasteiger partial charge in [0.15, 0.2) is 0 Å². The van der Waals surface area contributed by atoms with Crippen LogP contribution in [0, 0.1) is 13.8 Å². The van der Waals surface area contributed by atoms with E-state index in [0.717, 1.165) is 6.54 Å². The number of methoxy groups -OCH3 is 1. The van der Waals surface area contributed by atoms with Crippen molar-refractivity contribution < 1.29 is 9.84 Å². The van der Waals surface area contributed by atoms with Crippen LogP contribution in [0.3, 0.4) is 0 Å². The van der Waals surface area contributed by atoms with Gasteiger partial charge in [0, 0.05) is 20.2 Å². The summed E-state index contributed by atoms with van der Waals surface area (Å²) in [7, 11) is 1.59. The first kappa shape index (κ1) is 13.2. The van der Waals surface area contributed by atoms with E-state index in [9.17, 15) is 5.11 Å². The molecule has 0 aliphatic carbocycles. The summed E-state index contributed by atoms with van der Waals surface area (Å²) >= 11 is 0. The molecule has 1 aromatic rings. The van der Waals surface area contributed by atoms with Crippen LogP contribution >= 0.6 is 0 Å². The van der Waals surface area contributed by atoms with Gasteiger partial charge in [0.25, 0.3) is 0 Å². The SMILES string of the molecule is COCC(O)CNCc1cc(C)ccc1C. The molecule has 0 spiro atoms. The molecule has 1 atom stereocenters. The van der Waals surface area contributed by atoms with E-state index in [1.54, 1.807) is 7.11 Å². The summed E-state index contributed by atoms with van der Waals surface area (Å²) in [5, 5.41) is 12.7. The Kier molecular flexibility index (Phi) is 5.46. The topological polar surface area (TPSA) is 41.5 Å². The summed E-state index contributed by atoms with van der Waals surface area (Å²) in [6, 6.07) is 6.40. The van der Waals surface area contributed by atoms with E-state index in [4.69, 9.17) is 4.74 Å². The molecule has 1 unspecified atom stereocenters. The van der Waals surface area contributed by atoms with Crippen molar-refractivity contribution in [2.45, 2.75) is 26.5 Å². The maximum absolute atomic E-state index is 9.46. The van der Waals surface area contributed by atoms with E-state index in [2.05, 4.69) is 37.4 Å². The number of hydrogen-bond acceptors (Lipinski definition) is 3. The van der Waals surface area contributed by atoms with Gasteiger partial charge in [-0.1, -0.05) is 23.8 Å². The zero-order valence-electron chi connectivity index (χ0n) is 10.3. The van der Waals surface area contributed by atoms with Crippen LogP contribution in [-0.2, 0) is 11.3 Å². The maximum Gasteiger partial charge on any atom is 0.0897 e. The first-order valence-electron chi connectivity index (χ1n) is 5.57. The second kappa shape index (κ2) is 6.63. The molecular formula is C13H21NO2. The number of benzene rings is 1. The van der Waals surface area contributed by atoms with E-state index < -0.39 is 6.10 Å². The molecule has 3 nitrogen and oxygen atoms in total. The zero-order chi connectivity index (χ0) is 12.0. The number of aliphatic hydroxyl groups excluding tert-OH is 1. The van der Waals surface area contributed by atoms with Crippen molar-refractivity contribution in [1.29, 1.82) is 0 Å². The van der Waals surface area contributed by atoms with Crippen LogP contribution in [0.2, 0.25) is 0 Å². The minimum atomic E-state index is -0.435. The van der Waals surface area contributed by atoms with Crippen LogP contribution in [0.15, 0.2) is 18.2 Å². The molecule has 2 N–H and O–H groups in total. The van der Waals surface area contributed by atoms with Gasteiger partial charge in [-0.15, -0.1) is 0 Å². The molecule has 1 aromatic carbocycles. The molecule has 0 amide bonds. The predicted octanol–water partition coefficient (Wildman–Crippen LogP) is 1.40. The minimum absolute atomic E-state index is 0.375. The number of hydrogen-bond donors (Lipinski definition) is 2. The average Bonchev–Trinajstić information content (AvgIpc) is 2.23. The lowest BCUT2D eigenvalue weighted by molar-refractivity contribution is 0.0644. The highest BCUT2D eigenvalue weighted by molar-refractivity contribution is 5.30. The summed E-state index contributed by atoms with van der Waals surface area (Å²) in [4.78, 5) is 0. The van der Waals surface area contributed by atoms with Gasteiger partial charge in [-0.3, -0.25) is 0 Å². The molecule has 0 aliphatic rings. The van der Waals surface area contributed by atoms with Crippen molar-refractivity contribution in [2.24, 2.45) is 0 Å². The number of nitrogens with one attached hydrogen (secondary N) is 1. The van der Waals surface area contributed by atoms with E-state index in [1.165, 1.54) is 16.7 Å². The molecule has 0 radical (unpaired) electrons. The molecule has 16 heavy (non-hydrogen) atoms. The summed E-state index contributed by atoms with van der Waals surface area (Å²) in [5.74, 6) is 0. The van der Waals surface area contributed by atoms with Crippen molar-refractivity contribution in [3.05, 3.63) is 34.9 Å². The predicted molar refractivity (Wildman–Crippen MR) is 65.5 cm³/mol. The van der Waals surface area contributed by atoms with Crippen LogP contribution in [0.25, 0.3) is 0 Å². The smallest absolute Gasteiger partial charge is 0.0897 e. The quantitative estimate of drug-likeness (QED) is 0.766. The van der Waals surface area contributed by atoms with Gasteiger partial charge in [-0.05, 0) is 25.0 Å². The Bertz CT molecular complexity index is 326. The largest absolute Gasteiger partial charge is 0.389 e.